The normalized spacial score (nSPS) is 28.6. The summed E-state index contributed by atoms with van der Waals surface area (Å²) in [4.78, 5) is 11.3. The van der Waals surface area contributed by atoms with E-state index in [4.69, 9.17) is 0 Å². The summed E-state index contributed by atoms with van der Waals surface area (Å²) < 4.78 is 0. The molecule has 0 aromatic heterocycles. The molecule has 0 heterocycles. The number of fused-ring (bicyclic) bond motifs is 1. The molecule has 1 saturated carbocycles. The van der Waals surface area contributed by atoms with Crippen molar-refractivity contribution in [3.8, 4) is 0 Å². The van der Waals surface area contributed by atoms with Crippen LogP contribution in [0.2, 0.25) is 0 Å². The van der Waals surface area contributed by atoms with Crippen LogP contribution in [0.25, 0.3) is 0 Å². The van der Waals surface area contributed by atoms with E-state index in [1.165, 1.54) is 29.5 Å². The molecule has 0 unspecified atom stereocenters. The fraction of sp³-hybridized carbons (Fsp3) is 0.562. The molecule has 1 fully saturated rings. The van der Waals surface area contributed by atoms with Crippen LogP contribution in [0.1, 0.15) is 49.3 Å². The van der Waals surface area contributed by atoms with Crippen LogP contribution in [0.4, 0.5) is 0 Å². The second kappa shape index (κ2) is 3.84. The first-order valence-electron chi connectivity index (χ1n) is 6.87. The minimum Gasteiger partial charge on any atom is -0.481 e. The summed E-state index contributed by atoms with van der Waals surface area (Å²) in [5, 5.41) is 9.32. The Morgan fingerprint density at radius 2 is 2.00 bits per heavy atom. The van der Waals surface area contributed by atoms with Gasteiger partial charge in [-0.25, -0.2) is 0 Å². The lowest BCUT2D eigenvalue weighted by molar-refractivity contribution is -0.139. The highest BCUT2D eigenvalue weighted by Crippen LogP contribution is 2.65. The van der Waals surface area contributed by atoms with E-state index in [9.17, 15) is 9.90 Å². The molecule has 0 amide bonds. The molecule has 0 spiro atoms. The summed E-state index contributed by atoms with van der Waals surface area (Å²) in [5.41, 5.74) is 4.12. The molecule has 2 atom stereocenters. The maximum absolute atomic E-state index is 11.3. The van der Waals surface area contributed by atoms with E-state index in [1.54, 1.807) is 0 Å². The van der Waals surface area contributed by atoms with Gasteiger partial charge in [-0.3, -0.25) is 4.79 Å². The monoisotopic (exact) mass is 244 g/mol. The van der Waals surface area contributed by atoms with Gasteiger partial charge in [0.2, 0.25) is 0 Å². The van der Waals surface area contributed by atoms with Gasteiger partial charge in [0.25, 0.3) is 0 Å². The highest BCUT2D eigenvalue weighted by atomic mass is 16.4. The molecule has 2 nitrogen and oxygen atoms in total. The van der Waals surface area contributed by atoms with Crippen molar-refractivity contribution in [2.75, 3.05) is 0 Å². The smallest absolute Gasteiger partial charge is 0.307 e. The standard InChI is InChI=1S/C16H20O2/c1-16(2)13(14(16)15(17)18)12-9-5-7-10-6-3-4-8-11(10)12/h5,7,9,13-14H,3-4,6,8H2,1-2H3,(H,17,18)/t13-,14+/m1/s1. The van der Waals surface area contributed by atoms with Gasteiger partial charge in [-0.2, -0.15) is 0 Å². The molecule has 18 heavy (non-hydrogen) atoms. The first kappa shape index (κ1) is 11.8. The highest BCUT2D eigenvalue weighted by molar-refractivity contribution is 5.78. The summed E-state index contributed by atoms with van der Waals surface area (Å²) in [6.07, 6.45) is 4.81. The molecule has 0 saturated heterocycles. The lowest BCUT2D eigenvalue weighted by atomic mass is 9.85. The molecule has 2 aliphatic rings. The number of benzene rings is 1. The van der Waals surface area contributed by atoms with Crippen LogP contribution in [-0.4, -0.2) is 11.1 Å². The fourth-order valence-corrected chi connectivity index (χ4v) is 3.78. The molecule has 0 aliphatic heterocycles. The van der Waals surface area contributed by atoms with E-state index < -0.39 is 5.97 Å². The Balaban J connectivity index is 2.01. The maximum Gasteiger partial charge on any atom is 0.307 e. The van der Waals surface area contributed by atoms with Crippen LogP contribution in [0.15, 0.2) is 18.2 Å². The molecule has 1 aromatic carbocycles. The molecule has 2 heteroatoms. The number of aryl methyl sites for hydroxylation is 1. The van der Waals surface area contributed by atoms with Gasteiger partial charge in [0, 0.05) is 5.92 Å². The van der Waals surface area contributed by atoms with Gasteiger partial charge in [-0.05, 0) is 47.8 Å². The van der Waals surface area contributed by atoms with Crippen LogP contribution in [0.5, 0.6) is 0 Å². The van der Waals surface area contributed by atoms with Crippen molar-refractivity contribution in [3.63, 3.8) is 0 Å². The fourth-order valence-electron chi connectivity index (χ4n) is 3.78. The zero-order chi connectivity index (χ0) is 12.9. The highest BCUT2D eigenvalue weighted by Gasteiger charge is 2.63. The van der Waals surface area contributed by atoms with Crippen LogP contribution in [-0.2, 0) is 17.6 Å². The summed E-state index contributed by atoms with van der Waals surface area (Å²) in [6, 6.07) is 6.47. The van der Waals surface area contributed by atoms with Gasteiger partial charge in [0.1, 0.15) is 0 Å². The van der Waals surface area contributed by atoms with Gasteiger partial charge in [0.05, 0.1) is 5.92 Å². The SMILES string of the molecule is CC1(C)[C@H](C(=O)O)[C@H]1c1cccc2c1CCCC2. The van der Waals surface area contributed by atoms with Gasteiger partial charge < -0.3 is 5.11 Å². The third kappa shape index (κ3) is 1.58. The number of rotatable bonds is 2. The van der Waals surface area contributed by atoms with E-state index >= 15 is 0 Å². The van der Waals surface area contributed by atoms with Crippen LogP contribution in [0.3, 0.4) is 0 Å². The van der Waals surface area contributed by atoms with Crippen LogP contribution in [0, 0.1) is 11.3 Å². The lowest BCUT2D eigenvalue weighted by Crippen LogP contribution is -2.07. The molecule has 1 N–H and O–H groups in total. The molecule has 3 rings (SSSR count). The van der Waals surface area contributed by atoms with Crippen LogP contribution >= 0.6 is 0 Å². The van der Waals surface area contributed by atoms with Gasteiger partial charge >= 0.3 is 5.97 Å². The van der Waals surface area contributed by atoms with Crippen molar-refractivity contribution in [3.05, 3.63) is 34.9 Å². The predicted molar refractivity (Wildman–Crippen MR) is 70.7 cm³/mol. The number of carboxylic acid groups (broad SMARTS) is 1. The van der Waals surface area contributed by atoms with Crippen molar-refractivity contribution < 1.29 is 9.90 Å². The summed E-state index contributed by atoms with van der Waals surface area (Å²) in [6.45, 7) is 4.16. The molecule has 96 valence electrons. The first-order chi connectivity index (χ1) is 8.53. The molecular weight excluding hydrogens is 224 g/mol. The van der Waals surface area contributed by atoms with E-state index in [-0.39, 0.29) is 17.3 Å². The van der Waals surface area contributed by atoms with E-state index in [1.807, 2.05) is 0 Å². The number of carboxylic acids is 1. The Hall–Kier alpha value is -1.31. The molecule has 0 radical (unpaired) electrons. The maximum atomic E-state index is 11.3. The van der Waals surface area contributed by atoms with E-state index in [0.717, 1.165) is 12.8 Å². The Bertz CT molecular complexity index is 502. The summed E-state index contributed by atoms with van der Waals surface area (Å²) >= 11 is 0. The second-order valence-corrected chi connectivity index (χ2v) is 6.31. The summed E-state index contributed by atoms with van der Waals surface area (Å²) in [5.74, 6) is -0.632. The number of carbonyl (C=O) groups is 1. The average Bonchev–Trinajstić information content (AvgIpc) is 2.91. The second-order valence-electron chi connectivity index (χ2n) is 6.31. The van der Waals surface area contributed by atoms with Crippen molar-refractivity contribution in [1.29, 1.82) is 0 Å². The van der Waals surface area contributed by atoms with Gasteiger partial charge in [-0.1, -0.05) is 32.0 Å². The lowest BCUT2D eigenvalue weighted by Gasteiger charge is -2.20. The van der Waals surface area contributed by atoms with E-state index in [0.29, 0.717) is 0 Å². The minimum atomic E-state index is -0.640. The van der Waals surface area contributed by atoms with Gasteiger partial charge in [0.15, 0.2) is 0 Å². The minimum absolute atomic E-state index is 0.0849. The Kier molecular flexibility index (Phi) is 2.51. The number of aliphatic carboxylic acids is 1. The Morgan fingerprint density at radius 3 is 2.67 bits per heavy atom. The molecular formula is C16H20O2. The Labute approximate surface area is 108 Å². The van der Waals surface area contributed by atoms with Crippen LogP contribution < -0.4 is 0 Å². The van der Waals surface area contributed by atoms with Crippen molar-refractivity contribution >= 4 is 5.97 Å². The van der Waals surface area contributed by atoms with Crippen molar-refractivity contribution in [2.45, 2.75) is 45.4 Å². The van der Waals surface area contributed by atoms with Crippen molar-refractivity contribution in [1.82, 2.24) is 0 Å². The zero-order valence-electron chi connectivity index (χ0n) is 11.1. The first-order valence-corrected chi connectivity index (χ1v) is 6.87. The largest absolute Gasteiger partial charge is 0.481 e. The average molecular weight is 244 g/mol. The molecule has 0 bridgehead atoms. The Morgan fingerprint density at radius 1 is 1.28 bits per heavy atom. The predicted octanol–water partition coefficient (Wildman–Crippen LogP) is 3.39. The quantitative estimate of drug-likeness (QED) is 0.865. The number of hydrogen-bond donors (Lipinski definition) is 1. The molecule has 1 aromatic rings. The third-order valence-corrected chi connectivity index (χ3v) is 4.86. The molecule has 2 aliphatic carbocycles. The third-order valence-electron chi connectivity index (χ3n) is 4.86. The van der Waals surface area contributed by atoms with E-state index in [2.05, 4.69) is 32.0 Å². The zero-order valence-corrected chi connectivity index (χ0v) is 11.1. The topological polar surface area (TPSA) is 37.3 Å². The van der Waals surface area contributed by atoms with Crippen molar-refractivity contribution in [2.24, 2.45) is 11.3 Å². The van der Waals surface area contributed by atoms with Gasteiger partial charge in [-0.15, -0.1) is 0 Å². The number of hydrogen-bond acceptors (Lipinski definition) is 1. The summed E-state index contributed by atoms with van der Waals surface area (Å²) in [7, 11) is 0.